The Kier molecular flexibility index (Phi) is 9.10. The van der Waals surface area contributed by atoms with Gasteiger partial charge < -0.3 is 28.1 Å². The smallest absolute Gasteiger partial charge is 0.487 e. The lowest BCUT2D eigenvalue weighted by molar-refractivity contribution is 0.00578. The first-order valence-corrected chi connectivity index (χ1v) is 17.1. The third kappa shape index (κ3) is 6.44. The van der Waals surface area contributed by atoms with Crippen molar-refractivity contribution in [2.24, 2.45) is 0 Å². The molecule has 2 aliphatic heterocycles. The van der Waals surface area contributed by atoms with Crippen LogP contribution in [-0.4, -0.2) is 49.9 Å². The number of fused-ring (bicyclic) bond motifs is 2. The third-order valence-electron chi connectivity index (χ3n) is 10.3. The molecule has 0 bridgehead atoms. The zero-order valence-corrected chi connectivity index (χ0v) is 30.1. The molecule has 0 saturated carbocycles. The van der Waals surface area contributed by atoms with Crippen LogP contribution in [-0.2, 0) is 18.6 Å². The molecule has 8 heteroatoms. The lowest BCUT2D eigenvalue weighted by Gasteiger charge is -2.32. The summed E-state index contributed by atoms with van der Waals surface area (Å²) in [5.74, 6) is 5.63. The Hall–Kier alpha value is -3.55. The largest absolute Gasteiger partial charge is 0.493 e. The summed E-state index contributed by atoms with van der Waals surface area (Å²) >= 11 is 0. The molecule has 2 heterocycles. The van der Waals surface area contributed by atoms with E-state index in [1.54, 1.807) is 0 Å². The Morgan fingerprint density at radius 2 is 0.875 bits per heavy atom. The Balaban J connectivity index is 1.40. The van der Waals surface area contributed by atoms with Crippen LogP contribution in [0.3, 0.4) is 0 Å². The molecule has 0 amide bonds. The molecule has 0 radical (unpaired) electrons. The molecular formula is C40H48B2O6. The molecule has 0 spiro atoms. The van der Waals surface area contributed by atoms with Crippen molar-refractivity contribution < 1.29 is 28.1 Å². The maximum absolute atomic E-state index is 6.28. The van der Waals surface area contributed by atoms with E-state index in [2.05, 4.69) is 128 Å². The van der Waals surface area contributed by atoms with Crippen molar-refractivity contribution >= 4 is 47.9 Å². The highest BCUT2D eigenvalue weighted by atomic mass is 16.7. The molecule has 2 fully saturated rings. The van der Waals surface area contributed by atoms with Crippen LogP contribution in [0.5, 0.6) is 11.5 Å². The number of ether oxygens (including phenoxy) is 2. The van der Waals surface area contributed by atoms with Crippen molar-refractivity contribution in [2.45, 2.75) is 91.6 Å². The molecule has 2 aliphatic rings. The van der Waals surface area contributed by atoms with Gasteiger partial charge in [-0.25, -0.2) is 0 Å². The van der Waals surface area contributed by atoms with Crippen LogP contribution in [0.2, 0.25) is 0 Å². The van der Waals surface area contributed by atoms with Gasteiger partial charge in [0.15, 0.2) is 0 Å². The first-order chi connectivity index (χ1) is 22.6. The number of hydrogen-bond acceptors (Lipinski definition) is 6. The molecule has 0 unspecified atom stereocenters. The second-order valence-electron chi connectivity index (χ2n) is 14.7. The lowest BCUT2D eigenvalue weighted by atomic mass is 9.87. The predicted molar refractivity (Wildman–Crippen MR) is 199 cm³/mol. The molecule has 250 valence electrons. The van der Waals surface area contributed by atoms with Gasteiger partial charge in [0, 0.05) is 11.1 Å². The summed E-state index contributed by atoms with van der Waals surface area (Å²) in [5.41, 5.74) is 2.65. The third-order valence-corrected chi connectivity index (χ3v) is 10.3. The minimum atomic E-state index is -0.400. The Labute approximate surface area is 286 Å². The minimum Gasteiger partial charge on any atom is -0.493 e. The highest BCUT2D eigenvalue weighted by Gasteiger charge is 2.51. The molecule has 2 saturated heterocycles. The van der Waals surface area contributed by atoms with Gasteiger partial charge in [-0.2, -0.15) is 0 Å². The maximum Gasteiger partial charge on any atom is 0.487 e. The van der Waals surface area contributed by atoms with E-state index in [1.807, 2.05) is 25.8 Å². The van der Waals surface area contributed by atoms with Crippen LogP contribution < -0.4 is 9.47 Å². The van der Waals surface area contributed by atoms with Crippen molar-refractivity contribution in [3.63, 3.8) is 0 Å². The van der Waals surface area contributed by atoms with Crippen LogP contribution in [0.1, 0.15) is 80.4 Å². The lowest BCUT2D eigenvalue weighted by Crippen LogP contribution is -2.41. The van der Waals surface area contributed by atoms with Crippen LogP contribution >= 0.6 is 0 Å². The van der Waals surface area contributed by atoms with Crippen LogP contribution in [0.25, 0.3) is 44.8 Å². The van der Waals surface area contributed by atoms with E-state index in [1.165, 1.54) is 0 Å². The molecule has 0 N–H and O–H groups in total. The van der Waals surface area contributed by atoms with Crippen LogP contribution in [0.4, 0.5) is 0 Å². The van der Waals surface area contributed by atoms with E-state index < -0.39 is 14.2 Å². The highest BCUT2D eigenvalue weighted by Crippen LogP contribution is 2.46. The Morgan fingerprint density at radius 3 is 1.21 bits per heavy atom. The van der Waals surface area contributed by atoms with Crippen molar-refractivity contribution in [1.29, 1.82) is 0 Å². The molecule has 4 aromatic carbocycles. The van der Waals surface area contributed by atoms with E-state index in [0.717, 1.165) is 55.3 Å². The first-order valence-electron chi connectivity index (χ1n) is 17.1. The fourth-order valence-corrected chi connectivity index (χ4v) is 6.25. The van der Waals surface area contributed by atoms with Crippen LogP contribution in [0.15, 0.2) is 72.6 Å². The quantitative estimate of drug-likeness (QED) is 0.169. The first kappa shape index (κ1) is 34.3. The zero-order valence-electron chi connectivity index (χ0n) is 30.1. The minimum absolute atomic E-state index is 0.378. The SMILES string of the molecule is CCOc1ccc2cc(/C=C\B3OC(C)(C)C(C)(C)O3)ccc2c1-c1c(OCC)ccc2cc(/C=C/B3OC(C)(C)C(C)(C)O3)ccc12. The topological polar surface area (TPSA) is 55.4 Å². The average molecular weight is 646 g/mol. The maximum atomic E-state index is 6.28. The Morgan fingerprint density at radius 1 is 0.521 bits per heavy atom. The van der Waals surface area contributed by atoms with E-state index in [4.69, 9.17) is 28.1 Å². The average Bonchev–Trinajstić information content (AvgIpc) is 3.37. The molecule has 0 aromatic heterocycles. The highest BCUT2D eigenvalue weighted by molar-refractivity contribution is 6.53. The van der Waals surface area contributed by atoms with Gasteiger partial charge in [0.2, 0.25) is 0 Å². The van der Waals surface area contributed by atoms with Gasteiger partial charge in [-0.1, -0.05) is 60.5 Å². The summed E-state index contributed by atoms with van der Waals surface area (Å²) in [6.45, 7) is 21.7. The molecular weight excluding hydrogens is 598 g/mol. The van der Waals surface area contributed by atoms with Gasteiger partial charge in [0.05, 0.1) is 35.6 Å². The standard InChI is InChI=1S/C40H48B2O6/c1-11-43-33-19-15-29-25-27(21-23-41-45-37(3,4)38(5,6)46-41)13-17-31(29)35(33)36-32-18-14-28(26-30(32)16-20-34(36)44-12-2)22-24-42-47-39(7,8)40(9,10)48-42/h13-26H,11-12H2,1-10H3/b23-21-,24-22+. The summed E-state index contributed by atoms with van der Waals surface area (Å²) in [6.07, 6.45) is 4.14. The van der Waals surface area contributed by atoms with Gasteiger partial charge in [-0.15, -0.1) is 0 Å². The summed E-state index contributed by atoms with van der Waals surface area (Å²) in [5, 5.41) is 4.38. The van der Waals surface area contributed by atoms with E-state index >= 15 is 0 Å². The second kappa shape index (κ2) is 12.7. The van der Waals surface area contributed by atoms with Gasteiger partial charge in [0.25, 0.3) is 0 Å². The molecule has 0 atom stereocenters. The normalized spacial score (nSPS) is 19.7. The molecule has 0 aliphatic carbocycles. The van der Waals surface area contributed by atoms with Gasteiger partial charge >= 0.3 is 14.2 Å². The fraction of sp³-hybridized carbons (Fsp3) is 0.400. The van der Waals surface area contributed by atoms with E-state index in [0.29, 0.717) is 13.2 Å². The number of benzene rings is 4. The van der Waals surface area contributed by atoms with Crippen molar-refractivity contribution in [2.75, 3.05) is 13.2 Å². The number of hydrogen-bond donors (Lipinski definition) is 0. The van der Waals surface area contributed by atoms with Gasteiger partial charge in [0.1, 0.15) is 11.5 Å². The summed E-state index contributed by atoms with van der Waals surface area (Å²) in [7, 11) is -0.801. The van der Waals surface area contributed by atoms with E-state index in [9.17, 15) is 0 Å². The van der Waals surface area contributed by atoms with Crippen LogP contribution in [0, 0.1) is 0 Å². The zero-order chi connectivity index (χ0) is 34.5. The molecule has 6 rings (SSSR count). The van der Waals surface area contributed by atoms with Crippen molar-refractivity contribution in [3.8, 4) is 22.6 Å². The fourth-order valence-electron chi connectivity index (χ4n) is 6.25. The second-order valence-corrected chi connectivity index (χ2v) is 14.7. The summed E-state index contributed by atoms with van der Waals surface area (Å²) in [4.78, 5) is 0. The molecule has 6 nitrogen and oxygen atoms in total. The van der Waals surface area contributed by atoms with Crippen molar-refractivity contribution in [1.82, 2.24) is 0 Å². The monoisotopic (exact) mass is 646 g/mol. The van der Waals surface area contributed by atoms with Gasteiger partial charge in [-0.3, -0.25) is 0 Å². The van der Waals surface area contributed by atoms with E-state index in [-0.39, 0.29) is 22.4 Å². The summed E-state index contributed by atoms with van der Waals surface area (Å²) < 4.78 is 37.3. The summed E-state index contributed by atoms with van der Waals surface area (Å²) in [6, 6.07) is 21.4. The predicted octanol–water partition coefficient (Wildman–Crippen LogP) is 9.75. The van der Waals surface area contributed by atoms with Gasteiger partial charge in [-0.05, 0) is 126 Å². The molecule has 4 aromatic rings. The number of rotatable bonds is 9. The van der Waals surface area contributed by atoms with Crippen molar-refractivity contribution in [3.05, 3.63) is 83.7 Å². The molecule has 48 heavy (non-hydrogen) atoms. The Bertz CT molecular complexity index is 1720.